The van der Waals surface area contributed by atoms with Crippen molar-refractivity contribution in [3.8, 4) is 0 Å². The van der Waals surface area contributed by atoms with Crippen molar-refractivity contribution < 1.29 is 17.9 Å². The molecule has 3 rings (SSSR count). The van der Waals surface area contributed by atoms with E-state index >= 15 is 0 Å². The third-order valence-electron chi connectivity index (χ3n) is 4.33. The topological polar surface area (TPSA) is 79.0 Å². The average molecular weight is 468 g/mol. The summed E-state index contributed by atoms with van der Waals surface area (Å²) in [6.45, 7) is 2.78. The first-order valence-electron chi connectivity index (χ1n) is 8.79. The largest absolute Gasteiger partial charge is 0.378 e. The SMILES string of the molecule is CS(=O)(=O)N(CC(=O)Nc1ccc(N2CCOCC2)cc1)c1ccc(Br)cc1. The third kappa shape index (κ3) is 5.46. The van der Waals surface area contributed by atoms with E-state index in [0.717, 1.165) is 33.8 Å². The van der Waals surface area contributed by atoms with Crippen LogP contribution in [0.5, 0.6) is 0 Å². The van der Waals surface area contributed by atoms with Crippen LogP contribution in [0, 0.1) is 0 Å². The summed E-state index contributed by atoms with van der Waals surface area (Å²) >= 11 is 3.32. The Kier molecular flexibility index (Phi) is 6.58. The molecule has 1 aliphatic heterocycles. The number of rotatable bonds is 6. The first kappa shape index (κ1) is 20.6. The lowest BCUT2D eigenvalue weighted by atomic mass is 10.2. The van der Waals surface area contributed by atoms with Crippen LogP contribution in [0.4, 0.5) is 17.1 Å². The van der Waals surface area contributed by atoms with Crippen LogP contribution in [0.3, 0.4) is 0 Å². The van der Waals surface area contributed by atoms with Crippen molar-refractivity contribution in [1.82, 2.24) is 0 Å². The molecule has 2 aromatic carbocycles. The quantitative estimate of drug-likeness (QED) is 0.706. The normalized spacial score (nSPS) is 14.6. The molecule has 1 saturated heterocycles. The number of sulfonamides is 1. The minimum Gasteiger partial charge on any atom is -0.378 e. The molecule has 0 aliphatic carbocycles. The summed E-state index contributed by atoms with van der Waals surface area (Å²) in [6, 6.07) is 14.3. The van der Waals surface area contributed by atoms with Crippen LogP contribution in [0.1, 0.15) is 0 Å². The molecule has 0 atom stereocenters. The zero-order valence-corrected chi connectivity index (χ0v) is 17.9. The van der Waals surface area contributed by atoms with Gasteiger partial charge in [0.15, 0.2) is 0 Å². The Labute approximate surface area is 173 Å². The van der Waals surface area contributed by atoms with Crippen LogP contribution in [-0.4, -0.2) is 53.4 Å². The van der Waals surface area contributed by atoms with E-state index in [1.807, 2.05) is 24.3 Å². The number of nitrogens with zero attached hydrogens (tertiary/aromatic N) is 2. The van der Waals surface area contributed by atoms with Crippen molar-refractivity contribution >= 4 is 48.9 Å². The van der Waals surface area contributed by atoms with Gasteiger partial charge >= 0.3 is 0 Å². The molecular weight excluding hydrogens is 446 g/mol. The molecule has 0 spiro atoms. The molecule has 0 bridgehead atoms. The lowest BCUT2D eigenvalue weighted by molar-refractivity contribution is -0.114. The number of hydrogen-bond donors (Lipinski definition) is 1. The molecule has 1 heterocycles. The molecular formula is C19H22BrN3O4S. The Morgan fingerprint density at radius 3 is 2.29 bits per heavy atom. The Morgan fingerprint density at radius 2 is 1.71 bits per heavy atom. The number of benzene rings is 2. The van der Waals surface area contributed by atoms with Gasteiger partial charge < -0.3 is 15.0 Å². The predicted octanol–water partition coefficient (Wildman–Crippen LogP) is 2.69. The summed E-state index contributed by atoms with van der Waals surface area (Å²) in [7, 11) is -3.60. The van der Waals surface area contributed by atoms with Crippen LogP contribution in [0.15, 0.2) is 53.0 Å². The molecule has 1 fully saturated rings. The molecule has 150 valence electrons. The van der Waals surface area contributed by atoms with Crippen LogP contribution in [-0.2, 0) is 19.6 Å². The van der Waals surface area contributed by atoms with Gasteiger partial charge in [-0.3, -0.25) is 9.10 Å². The number of carbonyl (C=O) groups excluding carboxylic acids is 1. The lowest BCUT2D eigenvalue weighted by Crippen LogP contribution is -2.37. The van der Waals surface area contributed by atoms with Crippen LogP contribution in [0.2, 0.25) is 0 Å². The number of morpholine rings is 1. The second-order valence-corrected chi connectivity index (χ2v) is 9.26. The van der Waals surface area contributed by atoms with E-state index in [-0.39, 0.29) is 6.54 Å². The number of halogens is 1. The van der Waals surface area contributed by atoms with E-state index in [2.05, 4.69) is 26.1 Å². The first-order valence-corrected chi connectivity index (χ1v) is 11.4. The molecule has 0 unspecified atom stereocenters. The second kappa shape index (κ2) is 8.93. The molecule has 0 aromatic heterocycles. The van der Waals surface area contributed by atoms with Crippen molar-refractivity contribution in [3.05, 3.63) is 53.0 Å². The highest BCUT2D eigenvalue weighted by molar-refractivity contribution is 9.10. The van der Waals surface area contributed by atoms with E-state index < -0.39 is 15.9 Å². The van der Waals surface area contributed by atoms with Crippen molar-refractivity contribution in [2.75, 3.05) is 53.6 Å². The zero-order valence-electron chi connectivity index (χ0n) is 15.5. The number of amides is 1. The number of ether oxygens (including phenoxy) is 1. The molecule has 1 amide bonds. The second-order valence-electron chi connectivity index (χ2n) is 6.44. The Hall–Kier alpha value is -2.10. The maximum atomic E-state index is 12.4. The highest BCUT2D eigenvalue weighted by Gasteiger charge is 2.21. The zero-order chi connectivity index (χ0) is 20.1. The van der Waals surface area contributed by atoms with E-state index in [4.69, 9.17) is 4.74 Å². The molecule has 1 aliphatic rings. The summed E-state index contributed by atoms with van der Waals surface area (Å²) in [5, 5.41) is 2.76. The average Bonchev–Trinajstić information content (AvgIpc) is 2.67. The number of anilines is 3. The van der Waals surface area contributed by atoms with Crippen molar-refractivity contribution in [3.63, 3.8) is 0 Å². The van der Waals surface area contributed by atoms with Gasteiger partial charge in [-0.25, -0.2) is 8.42 Å². The summed E-state index contributed by atoms with van der Waals surface area (Å²) in [6.07, 6.45) is 1.08. The van der Waals surface area contributed by atoms with Crippen molar-refractivity contribution in [2.24, 2.45) is 0 Å². The van der Waals surface area contributed by atoms with Gasteiger partial charge in [-0.15, -0.1) is 0 Å². The van der Waals surface area contributed by atoms with Crippen molar-refractivity contribution in [1.29, 1.82) is 0 Å². The van der Waals surface area contributed by atoms with Crippen LogP contribution in [0.25, 0.3) is 0 Å². The molecule has 2 aromatic rings. The van der Waals surface area contributed by atoms with Gasteiger partial charge in [-0.05, 0) is 48.5 Å². The monoisotopic (exact) mass is 467 g/mol. The fourth-order valence-electron chi connectivity index (χ4n) is 2.92. The number of nitrogens with one attached hydrogen (secondary N) is 1. The molecule has 28 heavy (non-hydrogen) atoms. The molecule has 0 saturated carbocycles. The van der Waals surface area contributed by atoms with Gasteiger partial charge in [-0.2, -0.15) is 0 Å². The molecule has 9 heteroatoms. The van der Waals surface area contributed by atoms with Crippen LogP contribution >= 0.6 is 15.9 Å². The van der Waals surface area contributed by atoms with Gasteiger partial charge in [0.1, 0.15) is 6.54 Å². The van der Waals surface area contributed by atoms with Gasteiger partial charge in [-0.1, -0.05) is 15.9 Å². The lowest BCUT2D eigenvalue weighted by Gasteiger charge is -2.29. The summed E-state index contributed by atoms with van der Waals surface area (Å²) < 4.78 is 31.5. The van der Waals surface area contributed by atoms with Gasteiger partial charge in [0, 0.05) is 28.9 Å². The Morgan fingerprint density at radius 1 is 1.11 bits per heavy atom. The molecule has 1 N–H and O–H groups in total. The Bertz CT molecular complexity index is 911. The van der Waals surface area contributed by atoms with E-state index in [1.54, 1.807) is 24.3 Å². The highest BCUT2D eigenvalue weighted by atomic mass is 79.9. The van der Waals surface area contributed by atoms with Crippen LogP contribution < -0.4 is 14.5 Å². The molecule has 0 radical (unpaired) electrons. The maximum absolute atomic E-state index is 12.4. The molecule has 7 nitrogen and oxygen atoms in total. The van der Waals surface area contributed by atoms with E-state index in [0.29, 0.717) is 24.6 Å². The Balaban J connectivity index is 1.66. The first-order chi connectivity index (χ1) is 13.3. The fraction of sp³-hybridized carbons (Fsp3) is 0.316. The van der Waals surface area contributed by atoms with Gasteiger partial charge in [0.2, 0.25) is 15.9 Å². The minimum absolute atomic E-state index is 0.300. The minimum atomic E-state index is -3.60. The van der Waals surface area contributed by atoms with Gasteiger partial charge in [0.05, 0.1) is 25.2 Å². The van der Waals surface area contributed by atoms with Gasteiger partial charge in [0.25, 0.3) is 0 Å². The smallest absolute Gasteiger partial charge is 0.245 e. The van der Waals surface area contributed by atoms with Crippen molar-refractivity contribution in [2.45, 2.75) is 0 Å². The van der Waals surface area contributed by atoms with E-state index in [9.17, 15) is 13.2 Å². The van der Waals surface area contributed by atoms with E-state index in [1.165, 1.54) is 0 Å². The third-order valence-corrected chi connectivity index (χ3v) is 6.00. The maximum Gasteiger partial charge on any atom is 0.245 e. The summed E-state index contributed by atoms with van der Waals surface area (Å²) in [5.74, 6) is -0.410. The summed E-state index contributed by atoms with van der Waals surface area (Å²) in [4.78, 5) is 14.7. The fourth-order valence-corrected chi connectivity index (χ4v) is 4.04. The number of carbonyl (C=O) groups is 1. The summed E-state index contributed by atoms with van der Waals surface area (Å²) in [5.41, 5.74) is 2.11. The number of hydrogen-bond acceptors (Lipinski definition) is 5. The standard InChI is InChI=1S/C19H22BrN3O4S/c1-28(25,26)23(18-6-2-15(20)3-7-18)14-19(24)21-16-4-8-17(9-5-16)22-10-12-27-13-11-22/h2-9H,10-14H2,1H3,(H,21,24). The predicted molar refractivity (Wildman–Crippen MR) is 114 cm³/mol. The highest BCUT2D eigenvalue weighted by Crippen LogP contribution is 2.22.